The summed E-state index contributed by atoms with van der Waals surface area (Å²) in [4.78, 5) is 17.8. The van der Waals surface area contributed by atoms with E-state index in [9.17, 15) is 4.79 Å². The van der Waals surface area contributed by atoms with Gasteiger partial charge in [-0.05, 0) is 31.2 Å². The van der Waals surface area contributed by atoms with Crippen LogP contribution in [0.2, 0.25) is 0 Å². The number of carbonyl (C=O) groups excluding carboxylic acids is 1. The summed E-state index contributed by atoms with van der Waals surface area (Å²) in [7, 11) is 0. The molecule has 0 atom stereocenters. The number of fused-ring (bicyclic) bond motifs is 1. The molecule has 1 N–H and O–H groups in total. The first-order valence-electron chi connectivity index (χ1n) is 7.60. The van der Waals surface area contributed by atoms with E-state index >= 15 is 0 Å². The Bertz CT molecular complexity index is 986. The maximum Gasteiger partial charge on any atom is 0.255 e. The molecule has 0 spiro atoms. The molecule has 1 amide bonds. The maximum absolute atomic E-state index is 12.3. The third-order valence-corrected chi connectivity index (χ3v) is 4.58. The summed E-state index contributed by atoms with van der Waals surface area (Å²) in [6.45, 7) is 1.97. The Labute approximate surface area is 143 Å². The highest BCUT2D eigenvalue weighted by Crippen LogP contribution is 2.23. The van der Waals surface area contributed by atoms with Gasteiger partial charge in [0, 0.05) is 34.6 Å². The van der Waals surface area contributed by atoms with Gasteiger partial charge in [-0.3, -0.25) is 9.20 Å². The van der Waals surface area contributed by atoms with Gasteiger partial charge in [0.25, 0.3) is 5.91 Å². The van der Waals surface area contributed by atoms with E-state index in [1.165, 1.54) is 0 Å². The molecule has 4 rings (SSSR count). The second kappa shape index (κ2) is 5.94. The topological polar surface area (TPSA) is 46.4 Å². The summed E-state index contributed by atoms with van der Waals surface area (Å²) in [6.07, 6.45) is 4.00. The van der Waals surface area contributed by atoms with Gasteiger partial charge in [-0.15, -0.1) is 11.3 Å². The minimum absolute atomic E-state index is 0.103. The summed E-state index contributed by atoms with van der Waals surface area (Å²) in [6, 6.07) is 15.3. The molecule has 0 fully saturated rings. The summed E-state index contributed by atoms with van der Waals surface area (Å²) >= 11 is 1.61. The van der Waals surface area contributed by atoms with Crippen molar-refractivity contribution < 1.29 is 4.79 Å². The molecule has 118 valence electrons. The van der Waals surface area contributed by atoms with Gasteiger partial charge in [0.1, 0.15) is 0 Å². The van der Waals surface area contributed by atoms with Crippen molar-refractivity contribution >= 4 is 27.9 Å². The number of rotatable bonds is 3. The van der Waals surface area contributed by atoms with Crippen molar-refractivity contribution in [1.82, 2.24) is 9.38 Å². The first-order chi connectivity index (χ1) is 11.7. The van der Waals surface area contributed by atoms with E-state index in [-0.39, 0.29) is 5.91 Å². The number of imidazole rings is 1. The van der Waals surface area contributed by atoms with Crippen LogP contribution in [0.3, 0.4) is 0 Å². The molecule has 0 aliphatic heterocycles. The Kier molecular flexibility index (Phi) is 3.63. The van der Waals surface area contributed by atoms with E-state index < -0.39 is 0 Å². The molecule has 2 aromatic carbocycles. The maximum atomic E-state index is 12.3. The summed E-state index contributed by atoms with van der Waals surface area (Å²) in [5, 5.41) is 4.93. The van der Waals surface area contributed by atoms with Gasteiger partial charge < -0.3 is 5.32 Å². The highest BCUT2D eigenvalue weighted by atomic mass is 32.1. The molecule has 0 saturated heterocycles. The Morgan fingerprint density at radius 3 is 2.75 bits per heavy atom. The molecule has 24 heavy (non-hydrogen) atoms. The normalized spacial score (nSPS) is 10.9. The van der Waals surface area contributed by atoms with Crippen LogP contribution in [-0.4, -0.2) is 15.3 Å². The van der Waals surface area contributed by atoms with Crippen LogP contribution in [0.4, 0.5) is 5.69 Å². The second-order valence-electron chi connectivity index (χ2n) is 5.62. The number of benzene rings is 2. The SMILES string of the molecule is Cc1cccc(C(=O)Nc2ccc(-c3cn4ccsc4n3)cc2)c1. The summed E-state index contributed by atoms with van der Waals surface area (Å²) < 4.78 is 2.01. The molecule has 4 nitrogen and oxygen atoms in total. The minimum Gasteiger partial charge on any atom is -0.322 e. The van der Waals surface area contributed by atoms with Crippen LogP contribution in [0.25, 0.3) is 16.2 Å². The average Bonchev–Trinajstić information content (AvgIpc) is 3.17. The molecule has 0 aliphatic carbocycles. The van der Waals surface area contributed by atoms with Crippen LogP contribution in [0.15, 0.2) is 66.3 Å². The Hall–Kier alpha value is -2.92. The van der Waals surface area contributed by atoms with E-state index in [2.05, 4.69) is 10.3 Å². The fraction of sp³-hybridized carbons (Fsp3) is 0.0526. The third kappa shape index (κ3) is 2.81. The van der Waals surface area contributed by atoms with Crippen molar-refractivity contribution in [1.29, 1.82) is 0 Å². The number of amides is 1. The molecule has 4 aromatic rings. The number of nitrogens with one attached hydrogen (secondary N) is 1. The lowest BCUT2D eigenvalue weighted by Gasteiger charge is -2.06. The van der Waals surface area contributed by atoms with Crippen LogP contribution in [0.5, 0.6) is 0 Å². The van der Waals surface area contributed by atoms with E-state index in [1.807, 2.05) is 77.6 Å². The summed E-state index contributed by atoms with van der Waals surface area (Å²) in [5.41, 5.74) is 4.45. The van der Waals surface area contributed by atoms with Crippen LogP contribution in [-0.2, 0) is 0 Å². The smallest absolute Gasteiger partial charge is 0.255 e. The third-order valence-electron chi connectivity index (χ3n) is 3.81. The van der Waals surface area contributed by atoms with Crippen molar-refractivity contribution in [2.75, 3.05) is 5.32 Å². The highest BCUT2D eigenvalue weighted by molar-refractivity contribution is 7.15. The van der Waals surface area contributed by atoms with E-state index in [1.54, 1.807) is 11.3 Å². The quantitative estimate of drug-likeness (QED) is 0.594. The molecule has 0 saturated carbocycles. The number of hydrogen-bond acceptors (Lipinski definition) is 3. The van der Waals surface area contributed by atoms with Gasteiger partial charge in [-0.1, -0.05) is 29.8 Å². The van der Waals surface area contributed by atoms with Gasteiger partial charge in [-0.25, -0.2) is 4.98 Å². The molecule has 0 unspecified atom stereocenters. The lowest BCUT2D eigenvalue weighted by atomic mass is 10.1. The van der Waals surface area contributed by atoms with Crippen molar-refractivity contribution in [3.05, 3.63) is 77.4 Å². The number of aryl methyl sites for hydroxylation is 1. The number of anilines is 1. The van der Waals surface area contributed by atoms with Crippen molar-refractivity contribution in [2.45, 2.75) is 6.92 Å². The average molecular weight is 333 g/mol. The van der Waals surface area contributed by atoms with Crippen LogP contribution >= 0.6 is 11.3 Å². The fourth-order valence-corrected chi connectivity index (χ4v) is 3.28. The van der Waals surface area contributed by atoms with Gasteiger partial charge in [0.05, 0.1) is 5.69 Å². The molecular formula is C19H15N3OS. The standard InChI is InChI=1S/C19H15N3OS/c1-13-3-2-4-15(11-13)18(23)20-16-7-5-14(6-8-16)17-12-22-9-10-24-19(22)21-17/h2-12H,1H3,(H,20,23). The van der Waals surface area contributed by atoms with Crippen LogP contribution < -0.4 is 5.32 Å². The molecular weight excluding hydrogens is 318 g/mol. The van der Waals surface area contributed by atoms with Gasteiger partial charge >= 0.3 is 0 Å². The highest BCUT2D eigenvalue weighted by Gasteiger charge is 2.08. The lowest BCUT2D eigenvalue weighted by molar-refractivity contribution is 0.102. The van der Waals surface area contributed by atoms with Crippen molar-refractivity contribution in [2.24, 2.45) is 0 Å². The number of nitrogens with zero attached hydrogens (tertiary/aromatic N) is 2. The van der Waals surface area contributed by atoms with Gasteiger partial charge in [0.2, 0.25) is 0 Å². The van der Waals surface area contributed by atoms with Gasteiger partial charge in [-0.2, -0.15) is 0 Å². The number of carbonyl (C=O) groups is 1. The molecule has 5 heteroatoms. The molecule has 0 radical (unpaired) electrons. The predicted octanol–water partition coefficient (Wildman–Crippen LogP) is 4.62. The lowest BCUT2D eigenvalue weighted by Crippen LogP contribution is -2.11. The first kappa shape index (κ1) is 14.7. The van der Waals surface area contributed by atoms with E-state index in [0.29, 0.717) is 5.56 Å². The number of thiazole rings is 1. The fourth-order valence-electron chi connectivity index (χ4n) is 2.58. The molecule has 0 bridgehead atoms. The van der Waals surface area contributed by atoms with E-state index in [4.69, 9.17) is 0 Å². The molecule has 0 aliphatic rings. The van der Waals surface area contributed by atoms with Gasteiger partial charge in [0.15, 0.2) is 4.96 Å². The number of hydrogen-bond donors (Lipinski definition) is 1. The second-order valence-corrected chi connectivity index (χ2v) is 6.49. The minimum atomic E-state index is -0.103. The zero-order chi connectivity index (χ0) is 16.5. The first-order valence-corrected chi connectivity index (χ1v) is 8.48. The summed E-state index contributed by atoms with van der Waals surface area (Å²) in [5.74, 6) is -0.103. The van der Waals surface area contributed by atoms with Crippen LogP contribution in [0, 0.1) is 6.92 Å². The zero-order valence-corrected chi connectivity index (χ0v) is 13.9. The molecule has 2 aromatic heterocycles. The Morgan fingerprint density at radius 2 is 2.00 bits per heavy atom. The van der Waals surface area contributed by atoms with Crippen molar-refractivity contribution in [3.63, 3.8) is 0 Å². The largest absolute Gasteiger partial charge is 0.322 e. The predicted molar refractivity (Wildman–Crippen MR) is 97.6 cm³/mol. The number of aromatic nitrogens is 2. The van der Waals surface area contributed by atoms with E-state index in [0.717, 1.165) is 27.5 Å². The Balaban J connectivity index is 1.53. The zero-order valence-electron chi connectivity index (χ0n) is 13.1. The van der Waals surface area contributed by atoms with Crippen LogP contribution in [0.1, 0.15) is 15.9 Å². The monoisotopic (exact) mass is 333 g/mol. The van der Waals surface area contributed by atoms with Crippen molar-refractivity contribution in [3.8, 4) is 11.3 Å². The Morgan fingerprint density at radius 1 is 1.17 bits per heavy atom. The molecule has 2 heterocycles.